The van der Waals surface area contributed by atoms with Crippen LogP contribution in [-0.2, 0) is 7.05 Å². The fraction of sp³-hybridized carbons (Fsp3) is 0.0690. The van der Waals surface area contributed by atoms with Crippen LogP contribution in [0.3, 0.4) is 0 Å². The van der Waals surface area contributed by atoms with Crippen molar-refractivity contribution < 1.29 is 0 Å². The molecule has 0 radical (unpaired) electrons. The molecule has 1 N–H and O–H groups in total. The Bertz CT molecular complexity index is 1940. The van der Waals surface area contributed by atoms with Crippen molar-refractivity contribution in [2.75, 3.05) is 0 Å². The number of H-pyrrole nitrogens is 1. The second-order valence-electron chi connectivity index (χ2n) is 8.78. The summed E-state index contributed by atoms with van der Waals surface area (Å²) in [5, 5.41) is 7.96. The molecular formula is C29H23BrN6OS. The first-order chi connectivity index (χ1) is 18.5. The van der Waals surface area contributed by atoms with Gasteiger partial charge in [0, 0.05) is 45.1 Å². The number of para-hydroxylation sites is 2. The summed E-state index contributed by atoms with van der Waals surface area (Å²) in [7, 11) is 1.87. The van der Waals surface area contributed by atoms with Crippen molar-refractivity contribution in [3.05, 3.63) is 121 Å². The Morgan fingerprint density at radius 3 is 2.61 bits per heavy atom. The van der Waals surface area contributed by atoms with Crippen molar-refractivity contribution in [2.45, 2.75) is 6.92 Å². The monoisotopic (exact) mass is 582 g/mol. The Hall–Kier alpha value is -4.21. The molecule has 0 aliphatic heterocycles. The predicted molar refractivity (Wildman–Crippen MR) is 158 cm³/mol. The maximum atomic E-state index is 13.5. The van der Waals surface area contributed by atoms with Crippen molar-refractivity contribution in [3.8, 4) is 16.9 Å². The molecule has 0 saturated carbocycles. The number of fused-ring (bicyclic) bond motifs is 1. The highest BCUT2D eigenvalue weighted by Crippen LogP contribution is 2.25. The lowest BCUT2D eigenvalue weighted by molar-refractivity contribution is 0.630. The highest BCUT2D eigenvalue weighted by Gasteiger charge is 2.17. The van der Waals surface area contributed by atoms with E-state index in [0.717, 1.165) is 43.6 Å². The first-order valence-corrected chi connectivity index (χ1v) is 13.6. The van der Waals surface area contributed by atoms with Crippen molar-refractivity contribution in [2.24, 2.45) is 17.1 Å². The molecule has 3 aromatic heterocycles. The van der Waals surface area contributed by atoms with E-state index < -0.39 is 0 Å². The number of rotatable bonds is 5. The smallest absolute Gasteiger partial charge is 0.297 e. The lowest BCUT2D eigenvalue weighted by atomic mass is 10.2. The number of benzene rings is 3. The van der Waals surface area contributed by atoms with E-state index in [2.05, 4.69) is 27.0 Å². The van der Waals surface area contributed by atoms with Gasteiger partial charge in [-0.2, -0.15) is 5.10 Å². The molecule has 3 heterocycles. The van der Waals surface area contributed by atoms with Gasteiger partial charge in [0.25, 0.3) is 5.56 Å². The maximum absolute atomic E-state index is 13.5. The van der Waals surface area contributed by atoms with Gasteiger partial charge in [0.15, 0.2) is 5.69 Å². The van der Waals surface area contributed by atoms with Crippen LogP contribution in [0.1, 0.15) is 11.3 Å². The zero-order valence-electron chi connectivity index (χ0n) is 20.7. The average molecular weight is 584 g/mol. The lowest BCUT2D eigenvalue weighted by Gasteiger charge is -2.07. The Balaban J connectivity index is 1.54. The minimum absolute atomic E-state index is 0.180. The largest absolute Gasteiger partial charge is 0.361 e. The lowest BCUT2D eigenvalue weighted by Crippen LogP contribution is -2.19. The summed E-state index contributed by atoms with van der Waals surface area (Å²) in [4.78, 5) is 22.3. The van der Waals surface area contributed by atoms with Gasteiger partial charge in [-0.3, -0.25) is 9.48 Å². The molecule has 0 atom stereocenters. The molecular weight excluding hydrogens is 560 g/mol. The van der Waals surface area contributed by atoms with Gasteiger partial charge in [0.1, 0.15) is 0 Å². The Labute approximate surface area is 230 Å². The molecule has 38 heavy (non-hydrogen) atoms. The fourth-order valence-electron chi connectivity index (χ4n) is 4.43. The van der Waals surface area contributed by atoms with Crippen LogP contribution in [0.4, 0.5) is 5.69 Å². The molecule has 6 rings (SSSR count). The molecule has 0 amide bonds. The van der Waals surface area contributed by atoms with Crippen molar-refractivity contribution in [1.82, 2.24) is 19.0 Å². The molecule has 0 unspecified atom stereocenters. The van der Waals surface area contributed by atoms with Crippen LogP contribution in [0.25, 0.3) is 27.8 Å². The van der Waals surface area contributed by atoms with E-state index in [1.165, 1.54) is 11.3 Å². The van der Waals surface area contributed by atoms with Crippen LogP contribution in [0.15, 0.2) is 110 Å². The molecule has 0 spiro atoms. The molecule has 9 heteroatoms. The van der Waals surface area contributed by atoms with Crippen LogP contribution in [-0.4, -0.2) is 25.2 Å². The Kier molecular flexibility index (Phi) is 6.30. The summed E-state index contributed by atoms with van der Waals surface area (Å²) in [5.74, 6) is 0. The second-order valence-corrected chi connectivity index (χ2v) is 10.5. The van der Waals surface area contributed by atoms with E-state index in [0.29, 0.717) is 10.5 Å². The molecule has 0 bridgehead atoms. The van der Waals surface area contributed by atoms with Crippen LogP contribution in [0.2, 0.25) is 0 Å². The highest BCUT2D eigenvalue weighted by atomic mass is 79.9. The van der Waals surface area contributed by atoms with Gasteiger partial charge < -0.3 is 4.98 Å². The topological polar surface area (TPSA) is 72.4 Å². The van der Waals surface area contributed by atoms with Crippen LogP contribution < -0.4 is 10.4 Å². The van der Waals surface area contributed by atoms with Gasteiger partial charge in [-0.05, 0) is 37.3 Å². The van der Waals surface area contributed by atoms with E-state index in [-0.39, 0.29) is 5.56 Å². The summed E-state index contributed by atoms with van der Waals surface area (Å²) >= 11 is 5.02. The fourth-order valence-corrected chi connectivity index (χ4v) is 5.68. The van der Waals surface area contributed by atoms with Gasteiger partial charge in [0.2, 0.25) is 4.80 Å². The molecule has 0 aliphatic rings. The Morgan fingerprint density at radius 2 is 1.79 bits per heavy atom. The molecule has 3 aromatic carbocycles. The van der Waals surface area contributed by atoms with Crippen LogP contribution in [0.5, 0.6) is 0 Å². The van der Waals surface area contributed by atoms with Gasteiger partial charge in [-0.15, -0.1) is 11.3 Å². The number of hydrogen-bond acceptors (Lipinski definition) is 4. The van der Waals surface area contributed by atoms with Crippen molar-refractivity contribution >= 4 is 50.1 Å². The molecule has 7 nitrogen and oxygen atoms in total. The molecule has 188 valence electrons. The van der Waals surface area contributed by atoms with E-state index in [9.17, 15) is 4.79 Å². The summed E-state index contributed by atoms with van der Waals surface area (Å²) in [6.07, 6.45) is 3.77. The van der Waals surface area contributed by atoms with E-state index >= 15 is 0 Å². The van der Waals surface area contributed by atoms with E-state index in [4.69, 9.17) is 10.1 Å². The predicted octanol–water partition coefficient (Wildman–Crippen LogP) is 6.37. The molecule has 0 fully saturated rings. The average Bonchev–Trinajstić information content (AvgIpc) is 3.59. The number of aromatic nitrogens is 4. The molecule has 6 aromatic rings. The first-order valence-electron chi connectivity index (χ1n) is 12.0. The van der Waals surface area contributed by atoms with Crippen LogP contribution in [0, 0.1) is 6.92 Å². The SMILES string of the molecule is Cc1c(N=c2scc(-c3cccc(Br)c3)n2N=Cc2c[nH]c3ccccc23)c(=O)n(-c2ccccc2)n1C. The van der Waals surface area contributed by atoms with Gasteiger partial charge in [0.05, 0.1) is 23.3 Å². The highest BCUT2D eigenvalue weighted by molar-refractivity contribution is 9.10. The van der Waals surface area contributed by atoms with Crippen LogP contribution >= 0.6 is 27.3 Å². The number of hydrogen-bond donors (Lipinski definition) is 1. The quantitative estimate of drug-likeness (QED) is 0.235. The number of nitrogens with zero attached hydrogens (tertiary/aromatic N) is 5. The normalized spacial score (nSPS) is 12.2. The van der Waals surface area contributed by atoms with Gasteiger partial charge in [-0.25, -0.2) is 14.4 Å². The maximum Gasteiger partial charge on any atom is 0.297 e. The van der Waals surface area contributed by atoms with Gasteiger partial charge in [-0.1, -0.05) is 64.5 Å². The zero-order valence-corrected chi connectivity index (χ0v) is 23.1. The van der Waals surface area contributed by atoms with Gasteiger partial charge >= 0.3 is 0 Å². The second kappa shape index (κ2) is 9.92. The minimum atomic E-state index is -0.180. The number of halogens is 1. The summed E-state index contributed by atoms with van der Waals surface area (Å²) in [5.41, 5.74) is 5.63. The summed E-state index contributed by atoms with van der Waals surface area (Å²) in [6, 6.07) is 25.7. The van der Waals surface area contributed by atoms with Crippen molar-refractivity contribution in [3.63, 3.8) is 0 Å². The minimum Gasteiger partial charge on any atom is -0.361 e. The third-order valence-electron chi connectivity index (χ3n) is 6.47. The van der Waals surface area contributed by atoms with E-state index in [1.54, 1.807) is 9.36 Å². The number of thiazole rings is 1. The summed E-state index contributed by atoms with van der Waals surface area (Å²) in [6.45, 7) is 1.90. The van der Waals surface area contributed by atoms with Crippen molar-refractivity contribution in [1.29, 1.82) is 0 Å². The number of aromatic amines is 1. The third kappa shape index (κ3) is 4.29. The molecule has 0 saturated heterocycles. The third-order valence-corrected chi connectivity index (χ3v) is 7.78. The number of nitrogens with one attached hydrogen (secondary N) is 1. The standard InChI is InChI=1S/C29H23BrN6OS/c1-19-27(28(37)36(34(19)2)23-11-4-3-5-12-23)33-29-35(26(18-38-29)20-9-8-10-22(30)15-20)32-17-21-16-31-25-14-7-6-13-24(21)25/h3-18,31H,1-2H3. The Morgan fingerprint density at radius 1 is 1.00 bits per heavy atom. The summed E-state index contributed by atoms with van der Waals surface area (Å²) < 4.78 is 6.24. The zero-order chi connectivity index (χ0) is 26.2. The molecule has 0 aliphatic carbocycles. The first kappa shape index (κ1) is 24.1. The van der Waals surface area contributed by atoms with E-state index in [1.807, 2.05) is 109 Å².